The first-order valence-corrected chi connectivity index (χ1v) is 10.4. The number of hydrogen-bond donors (Lipinski definition) is 1. The second-order valence-corrected chi connectivity index (χ2v) is 8.23. The summed E-state index contributed by atoms with van der Waals surface area (Å²) >= 11 is 6.37. The van der Waals surface area contributed by atoms with E-state index < -0.39 is 36.1 Å². The number of hydrogen-bond acceptors (Lipinski definition) is 6. The number of tetrazole rings is 1. The van der Waals surface area contributed by atoms with Crippen LogP contribution in [0.5, 0.6) is 0 Å². The Labute approximate surface area is 198 Å². The third kappa shape index (κ3) is 5.01. The molecule has 0 aliphatic heterocycles. The summed E-state index contributed by atoms with van der Waals surface area (Å²) in [6.45, 7) is 2.99. The highest BCUT2D eigenvalue weighted by Crippen LogP contribution is 2.38. The Bertz CT molecular complexity index is 1340. The van der Waals surface area contributed by atoms with E-state index in [1.807, 2.05) is 0 Å². The summed E-state index contributed by atoms with van der Waals surface area (Å²) in [6, 6.07) is 2.38. The number of nitrogens with one attached hydrogen (secondary N) is 1. The van der Waals surface area contributed by atoms with Crippen LogP contribution in [-0.4, -0.2) is 35.4 Å². The third-order valence-electron chi connectivity index (χ3n) is 5.40. The van der Waals surface area contributed by atoms with Crippen LogP contribution in [-0.2, 0) is 25.9 Å². The zero-order chi connectivity index (χ0) is 25.7. The van der Waals surface area contributed by atoms with Gasteiger partial charge in [0.15, 0.2) is 5.65 Å². The lowest BCUT2D eigenvalue weighted by molar-refractivity contribution is -0.143. The fourth-order valence-corrected chi connectivity index (χ4v) is 3.90. The molecule has 0 aliphatic rings. The van der Waals surface area contributed by atoms with Crippen LogP contribution in [0, 0.1) is 6.92 Å². The highest BCUT2D eigenvalue weighted by atomic mass is 35.5. The molecule has 4 aromatic rings. The standard InChI is InChI=1S/C20H17ClF6N8/c1-9-14-7-15(16(21)28-17(14)30-29-9)10(2)35(18-31-33-34(3)32-18)8-11-4-12(19(22,23)24)6-13(5-11)20(25,26)27/h4-7,10H,8H2,1-3H3,(H,28,29,30). The van der Waals surface area contributed by atoms with Crippen LogP contribution in [0.15, 0.2) is 24.3 Å². The molecule has 3 aromatic heterocycles. The summed E-state index contributed by atoms with van der Waals surface area (Å²) in [5.41, 5.74) is -1.58. The molecule has 0 saturated carbocycles. The van der Waals surface area contributed by atoms with Gasteiger partial charge in [0.1, 0.15) is 5.15 Å². The van der Waals surface area contributed by atoms with Gasteiger partial charge in [0.05, 0.1) is 29.9 Å². The Hall–Kier alpha value is -3.42. The number of fused-ring (bicyclic) bond motifs is 1. The third-order valence-corrected chi connectivity index (χ3v) is 5.70. The Morgan fingerprint density at radius 2 is 1.69 bits per heavy atom. The molecular formula is C20H17ClF6N8. The van der Waals surface area contributed by atoms with Gasteiger partial charge in [-0.3, -0.25) is 5.10 Å². The lowest BCUT2D eigenvalue weighted by Crippen LogP contribution is -2.28. The van der Waals surface area contributed by atoms with Crippen molar-refractivity contribution in [1.82, 2.24) is 35.4 Å². The molecule has 8 nitrogen and oxygen atoms in total. The molecule has 15 heteroatoms. The predicted octanol–water partition coefficient (Wildman–Crippen LogP) is 5.25. The summed E-state index contributed by atoms with van der Waals surface area (Å²) < 4.78 is 80.3. The van der Waals surface area contributed by atoms with E-state index in [0.29, 0.717) is 34.4 Å². The van der Waals surface area contributed by atoms with E-state index in [4.69, 9.17) is 11.6 Å². The number of pyridine rings is 1. The molecular weight excluding hydrogens is 502 g/mol. The van der Waals surface area contributed by atoms with Gasteiger partial charge >= 0.3 is 12.4 Å². The molecule has 1 atom stereocenters. The van der Waals surface area contributed by atoms with Crippen LogP contribution in [0.25, 0.3) is 11.0 Å². The lowest BCUT2D eigenvalue weighted by atomic mass is 10.0. The topological polar surface area (TPSA) is 88.4 Å². The molecule has 0 bridgehead atoms. The van der Waals surface area contributed by atoms with Crippen LogP contribution >= 0.6 is 11.6 Å². The van der Waals surface area contributed by atoms with Crippen molar-refractivity contribution in [3.05, 3.63) is 57.4 Å². The van der Waals surface area contributed by atoms with Crippen molar-refractivity contribution in [2.45, 2.75) is 38.8 Å². The Morgan fingerprint density at radius 3 is 2.23 bits per heavy atom. The summed E-state index contributed by atoms with van der Waals surface area (Å²) in [5.74, 6) is -0.0222. The second kappa shape index (κ2) is 8.66. The summed E-state index contributed by atoms with van der Waals surface area (Å²) in [5, 5.41) is 19.3. The van der Waals surface area contributed by atoms with E-state index in [2.05, 4.69) is 30.6 Å². The zero-order valence-electron chi connectivity index (χ0n) is 18.4. The van der Waals surface area contributed by atoms with Crippen molar-refractivity contribution in [2.75, 3.05) is 4.90 Å². The van der Waals surface area contributed by atoms with Crippen molar-refractivity contribution in [2.24, 2.45) is 7.05 Å². The molecule has 0 spiro atoms. The molecule has 1 unspecified atom stereocenters. The number of halogens is 7. The maximum absolute atomic E-state index is 13.4. The normalized spacial score (nSPS) is 13.4. The predicted molar refractivity (Wildman–Crippen MR) is 113 cm³/mol. The fraction of sp³-hybridized carbons (Fsp3) is 0.350. The summed E-state index contributed by atoms with van der Waals surface area (Å²) in [7, 11) is 1.47. The summed E-state index contributed by atoms with van der Waals surface area (Å²) in [4.78, 5) is 6.77. The van der Waals surface area contributed by atoms with Gasteiger partial charge in [0, 0.05) is 17.5 Å². The van der Waals surface area contributed by atoms with Gasteiger partial charge in [-0.25, -0.2) is 4.98 Å². The van der Waals surface area contributed by atoms with Gasteiger partial charge in [-0.05, 0) is 48.9 Å². The zero-order valence-corrected chi connectivity index (χ0v) is 19.1. The molecule has 35 heavy (non-hydrogen) atoms. The first-order valence-electron chi connectivity index (χ1n) is 10.0. The monoisotopic (exact) mass is 518 g/mol. The van der Waals surface area contributed by atoms with E-state index >= 15 is 0 Å². The molecule has 0 saturated heterocycles. The highest BCUT2D eigenvalue weighted by Gasteiger charge is 2.37. The number of H-pyrrole nitrogens is 1. The van der Waals surface area contributed by atoms with Crippen molar-refractivity contribution in [3.8, 4) is 0 Å². The maximum atomic E-state index is 13.4. The van der Waals surface area contributed by atoms with E-state index in [1.54, 1.807) is 19.9 Å². The minimum atomic E-state index is -4.98. The van der Waals surface area contributed by atoms with Crippen molar-refractivity contribution < 1.29 is 26.3 Å². The average Bonchev–Trinajstić information content (AvgIpc) is 3.35. The van der Waals surface area contributed by atoms with Gasteiger partial charge in [-0.1, -0.05) is 16.7 Å². The number of alkyl halides is 6. The van der Waals surface area contributed by atoms with E-state index in [1.165, 1.54) is 11.9 Å². The van der Waals surface area contributed by atoms with Crippen LogP contribution in [0.2, 0.25) is 5.15 Å². The molecule has 0 amide bonds. The number of benzene rings is 1. The number of aromatic nitrogens is 7. The van der Waals surface area contributed by atoms with Crippen LogP contribution in [0.1, 0.15) is 40.9 Å². The van der Waals surface area contributed by atoms with E-state index in [0.717, 1.165) is 4.80 Å². The largest absolute Gasteiger partial charge is 0.416 e. The molecule has 0 radical (unpaired) electrons. The molecule has 186 valence electrons. The van der Waals surface area contributed by atoms with Crippen molar-refractivity contribution in [3.63, 3.8) is 0 Å². The molecule has 1 aromatic carbocycles. The first kappa shape index (κ1) is 24.7. The number of rotatable bonds is 5. The van der Waals surface area contributed by atoms with Crippen molar-refractivity contribution in [1.29, 1.82) is 0 Å². The van der Waals surface area contributed by atoms with Gasteiger partial charge in [-0.2, -0.15) is 36.2 Å². The summed E-state index contributed by atoms with van der Waals surface area (Å²) in [6.07, 6.45) is -9.96. The fourth-order valence-electron chi connectivity index (χ4n) is 3.60. The van der Waals surface area contributed by atoms with Crippen molar-refractivity contribution >= 4 is 28.6 Å². The molecule has 3 heterocycles. The minimum absolute atomic E-state index is 0.0222. The highest BCUT2D eigenvalue weighted by molar-refractivity contribution is 6.30. The number of aromatic amines is 1. The number of aryl methyl sites for hydroxylation is 2. The molecule has 0 aliphatic carbocycles. The Balaban J connectivity index is 1.82. The average molecular weight is 519 g/mol. The van der Waals surface area contributed by atoms with Gasteiger partial charge < -0.3 is 4.90 Å². The van der Waals surface area contributed by atoms with Crippen LogP contribution < -0.4 is 4.90 Å². The van der Waals surface area contributed by atoms with Crippen LogP contribution in [0.4, 0.5) is 32.3 Å². The molecule has 4 rings (SSSR count). The quantitative estimate of drug-likeness (QED) is 0.287. The Kier molecular flexibility index (Phi) is 6.11. The maximum Gasteiger partial charge on any atom is 0.416 e. The number of anilines is 1. The second-order valence-electron chi connectivity index (χ2n) is 7.87. The molecule has 1 N–H and O–H groups in total. The van der Waals surface area contributed by atoms with Gasteiger partial charge in [0.2, 0.25) is 0 Å². The van der Waals surface area contributed by atoms with Crippen LogP contribution in [0.3, 0.4) is 0 Å². The van der Waals surface area contributed by atoms with E-state index in [-0.39, 0.29) is 22.7 Å². The smallest absolute Gasteiger partial charge is 0.327 e. The lowest BCUT2D eigenvalue weighted by Gasteiger charge is -2.29. The van der Waals surface area contributed by atoms with Gasteiger partial charge in [-0.15, -0.1) is 5.10 Å². The first-order chi connectivity index (χ1) is 16.2. The Morgan fingerprint density at radius 1 is 1.06 bits per heavy atom. The SMILES string of the molecule is Cc1n[nH]c2nc(Cl)c(C(C)N(Cc3cc(C(F)(F)F)cc(C(F)(F)F)c3)c3nnn(C)n3)cc12. The van der Waals surface area contributed by atoms with E-state index in [9.17, 15) is 26.3 Å². The van der Waals surface area contributed by atoms with Gasteiger partial charge in [0.25, 0.3) is 5.95 Å². The number of nitrogens with zero attached hydrogens (tertiary/aromatic N) is 7. The minimum Gasteiger partial charge on any atom is -0.327 e. The molecule has 0 fully saturated rings.